The summed E-state index contributed by atoms with van der Waals surface area (Å²) < 4.78 is 5.39. The Morgan fingerprint density at radius 2 is 2.00 bits per heavy atom. The molecule has 0 unspecified atom stereocenters. The van der Waals surface area contributed by atoms with Crippen molar-refractivity contribution in [2.45, 2.75) is 51.3 Å². The number of amides is 3. The molecule has 0 atom stereocenters. The molecule has 2 saturated heterocycles. The maximum Gasteiger partial charge on any atom is 0.327 e. The highest BCUT2D eigenvalue weighted by atomic mass is 16.5. The van der Waals surface area contributed by atoms with Crippen molar-refractivity contribution in [2.75, 3.05) is 31.6 Å². The minimum Gasteiger partial charge on any atom is -0.497 e. The first-order valence-electron chi connectivity index (χ1n) is 12.7. The van der Waals surface area contributed by atoms with E-state index in [1.807, 2.05) is 36.1 Å². The molecule has 3 amide bonds. The lowest BCUT2D eigenvalue weighted by molar-refractivity contribution is -0.150. The molecule has 11 nitrogen and oxygen atoms in total. The predicted molar refractivity (Wildman–Crippen MR) is 140 cm³/mol. The fourth-order valence-corrected chi connectivity index (χ4v) is 5.35. The smallest absolute Gasteiger partial charge is 0.327 e. The highest BCUT2D eigenvalue weighted by Gasteiger charge is 2.52. The van der Waals surface area contributed by atoms with Gasteiger partial charge in [0.2, 0.25) is 5.95 Å². The Labute approximate surface area is 221 Å². The van der Waals surface area contributed by atoms with E-state index in [2.05, 4.69) is 15.2 Å². The van der Waals surface area contributed by atoms with E-state index in [4.69, 9.17) is 9.72 Å². The number of ether oxygens (including phenoxy) is 1. The molecule has 2 fully saturated rings. The number of aromatic nitrogens is 4. The van der Waals surface area contributed by atoms with Crippen molar-refractivity contribution in [3.8, 4) is 16.9 Å². The summed E-state index contributed by atoms with van der Waals surface area (Å²) in [5.41, 5.74) is 1.45. The van der Waals surface area contributed by atoms with Gasteiger partial charge in [0.25, 0.3) is 5.91 Å². The number of hydrogen-bond acceptors (Lipinski definition) is 7. The van der Waals surface area contributed by atoms with E-state index in [1.54, 1.807) is 35.5 Å². The molecule has 0 radical (unpaired) electrons. The normalized spacial score (nSPS) is 17.4. The van der Waals surface area contributed by atoms with Crippen molar-refractivity contribution in [2.24, 2.45) is 0 Å². The molecular weight excluding hydrogens is 486 g/mol. The van der Waals surface area contributed by atoms with Crippen LogP contribution in [0, 0.1) is 6.92 Å². The van der Waals surface area contributed by atoms with Gasteiger partial charge in [-0.05, 0) is 51.3 Å². The zero-order chi connectivity index (χ0) is 27.1. The summed E-state index contributed by atoms with van der Waals surface area (Å²) in [6.45, 7) is 6.57. The zero-order valence-electron chi connectivity index (χ0n) is 22.1. The Hall–Kier alpha value is -3.99. The van der Waals surface area contributed by atoms with Crippen molar-refractivity contribution in [3.05, 3.63) is 54.1 Å². The number of urea groups is 1. The molecule has 1 spiro atoms. The molecule has 2 N–H and O–H groups in total. The minimum atomic E-state index is -1.44. The van der Waals surface area contributed by atoms with Gasteiger partial charge in [-0.3, -0.25) is 14.8 Å². The number of likely N-dealkylation sites (tertiary alicyclic amines) is 1. The van der Waals surface area contributed by atoms with Crippen LogP contribution in [-0.2, 0) is 11.3 Å². The molecule has 0 bridgehead atoms. The van der Waals surface area contributed by atoms with E-state index < -0.39 is 11.1 Å². The topological polar surface area (TPSA) is 128 Å². The maximum atomic E-state index is 13.9. The van der Waals surface area contributed by atoms with Gasteiger partial charge in [0.15, 0.2) is 0 Å². The molecule has 5 rings (SSSR count). The Morgan fingerprint density at radius 1 is 1.24 bits per heavy atom. The van der Waals surface area contributed by atoms with Crippen LogP contribution in [0.4, 0.5) is 10.7 Å². The fourth-order valence-electron chi connectivity index (χ4n) is 5.35. The molecule has 0 saturated carbocycles. The van der Waals surface area contributed by atoms with Crippen LogP contribution >= 0.6 is 0 Å². The molecule has 2 aliphatic heterocycles. The summed E-state index contributed by atoms with van der Waals surface area (Å²) in [5, 5.41) is 17.0. The van der Waals surface area contributed by atoms with Gasteiger partial charge in [0, 0.05) is 43.2 Å². The maximum absolute atomic E-state index is 13.9. The van der Waals surface area contributed by atoms with Crippen molar-refractivity contribution < 1.29 is 19.4 Å². The number of methoxy groups -OCH3 is 1. The first-order valence-corrected chi connectivity index (χ1v) is 12.7. The molecule has 2 aromatic heterocycles. The van der Waals surface area contributed by atoms with Crippen LogP contribution in [0.15, 0.2) is 42.9 Å². The van der Waals surface area contributed by atoms with Gasteiger partial charge in [-0.2, -0.15) is 5.10 Å². The number of anilines is 1. The molecule has 1 aromatic carbocycles. The second-order valence-electron chi connectivity index (χ2n) is 10.5. The third-order valence-corrected chi connectivity index (χ3v) is 7.48. The summed E-state index contributed by atoms with van der Waals surface area (Å²) in [4.78, 5) is 41.1. The van der Waals surface area contributed by atoms with Gasteiger partial charge in [0.1, 0.15) is 11.4 Å². The number of piperidine rings is 1. The van der Waals surface area contributed by atoms with Gasteiger partial charge in [0.05, 0.1) is 31.1 Å². The average molecular weight is 520 g/mol. The molecule has 2 aliphatic rings. The number of hydrogen-bond donors (Lipinski definition) is 2. The van der Waals surface area contributed by atoms with E-state index in [9.17, 15) is 14.7 Å². The van der Waals surface area contributed by atoms with Crippen molar-refractivity contribution in [1.29, 1.82) is 0 Å². The Bertz CT molecular complexity index is 1330. The summed E-state index contributed by atoms with van der Waals surface area (Å²) >= 11 is 0. The van der Waals surface area contributed by atoms with Crippen LogP contribution in [0.25, 0.3) is 11.1 Å². The summed E-state index contributed by atoms with van der Waals surface area (Å²) in [6, 6.07) is 7.50. The second-order valence-corrected chi connectivity index (χ2v) is 10.5. The third-order valence-electron chi connectivity index (χ3n) is 7.48. The molecule has 4 heterocycles. The zero-order valence-corrected chi connectivity index (χ0v) is 22.1. The van der Waals surface area contributed by atoms with Crippen LogP contribution < -0.4 is 9.64 Å². The lowest BCUT2D eigenvalue weighted by atomic mass is 9.85. The summed E-state index contributed by atoms with van der Waals surface area (Å²) in [5.74, 6) is 0.767. The van der Waals surface area contributed by atoms with Gasteiger partial charge in [-0.1, -0.05) is 12.1 Å². The lowest BCUT2D eigenvalue weighted by Crippen LogP contribution is -2.57. The molecular formula is C27H33N7O4. The summed E-state index contributed by atoms with van der Waals surface area (Å²) in [6.07, 6.45) is 6.36. The van der Waals surface area contributed by atoms with Crippen molar-refractivity contribution >= 4 is 17.9 Å². The van der Waals surface area contributed by atoms with Crippen LogP contribution in [0.2, 0.25) is 0 Å². The largest absolute Gasteiger partial charge is 0.497 e. The number of carbonyl (C=O) groups excluding carboxylic acids is 2. The van der Waals surface area contributed by atoms with Crippen molar-refractivity contribution in [3.63, 3.8) is 0 Å². The van der Waals surface area contributed by atoms with Gasteiger partial charge < -0.3 is 19.6 Å². The Balaban J connectivity index is 1.45. The number of aliphatic hydroxyl groups is 1. The van der Waals surface area contributed by atoms with Gasteiger partial charge >= 0.3 is 6.03 Å². The Kier molecular flexibility index (Phi) is 6.56. The predicted octanol–water partition coefficient (Wildman–Crippen LogP) is 2.76. The number of aryl methyl sites for hydroxylation is 1. The van der Waals surface area contributed by atoms with E-state index in [0.29, 0.717) is 45.0 Å². The average Bonchev–Trinajstić information content (AvgIpc) is 3.52. The highest BCUT2D eigenvalue weighted by Crippen LogP contribution is 2.39. The van der Waals surface area contributed by atoms with Gasteiger partial charge in [-0.25, -0.2) is 14.8 Å². The fraction of sp³-hybridized carbons (Fsp3) is 0.444. The number of nitrogens with zero attached hydrogens (tertiary/aromatic N) is 6. The summed E-state index contributed by atoms with van der Waals surface area (Å²) in [7, 11) is 1.62. The lowest BCUT2D eigenvalue weighted by Gasteiger charge is -2.44. The first-order chi connectivity index (χ1) is 18.1. The SMILES string of the molecule is COc1cccc(CN2C(=O)N(c3ncc(-c4cn[nH]c4)c(C)n3)CC23CCN(C(=O)C(C)(C)O)CC3)c1. The number of carbonyl (C=O) groups is 2. The number of nitrogens with one attached hydrogen (secondary N) is 1. The van der Waals surface area contributed by atoms with Gasteiger partial charge in [-0.15, -0.1) is 0 Å². The van der Waals surface area contributed by atoms with E-state index >= 15 is 0 Å². The molecule has 11 heteroatoms. The monoisotopic (exact) mass is 519 g/mol. The quantitative estimate of drug-likeness (QED) is 0.513. The van der Waals surface area contributed by atoms with Crippen LogP contribution in [0.1, 0.15) is 37.9 Å². The molecule has 0 aliphatic carbocycles. The standard InChI is InChI=1S/C27H33N7O4/c1-18-22(20-13-29-30-14-20)15-28-24(31-18)33-17-27(8-10-32(11-9-27)23(35)26(2,3)37)34(25(33)36)16-19-6-5-7-21(12-19)38-4/h5-7,12-15,37H,8-11,16-17H2,1-4H3,(H,29,30). The molecule has 200 valence electrons. The van der Waals surface area contributed by atoms with E-state index in [1.165, 1.54) is 13.8 Å². The Morgan fingerprint density at radius 3 is 2.63 bits per heavy atom. The van der Waals surface area contributed by atoms with Crippen LogP contribution in [0.5, 0.6) is 5.75 Å². The second kappa shape index (κ2) is 9.71. The van der Waals surface area contributed by atoms with Crippen LogP contribution in [0.3, 0.4) is 0 Å². The van der Waals surface area contributed by atoms with E-state index in [0.717, 1.165) is 28.1 Å². The van der Waals surface area contributed by atoms with E-state index in [-0.39, 0.29) is 11.9 Å². The number of rotatable bonds is 6. The number of aromatic amines is 1. The third kappa shape index (κ3) is 4.69. The van der Waals surface area contributed by atoms with Crippen molar-refractivity contribution in [1.82, 2.24) is 30.0 Å². The van der Waals surface area contributed by atoms with Crippen LogP contribution in [-0.4, -0.2) is 84.9 Å². The minimum absolute atomic E-state index is 0.175. The first kappa shape index (κ1) is 25.7. The highest BCUT2D eigenvalue weighted by molar-refractivity contribution is 5.94. The number of H-pyrrole nitrogens is 1. The molecule has 38 heavy (non-hydrogen) atoms. The number of benzene rings is 1. The molecule has 3 aromatic rings.